The van der Waals surface area contributed by atoms with Gasteiger partial charge in [0.2, 0.25) is 5.89 Å². The van der Waals surface area contributed by atoms with E-state index in [9.17, 15) is 4.79 Å². The van der Waals surface area contributed by atoms with Crippen molar-refractivity contribution in [1.82, 2.24) is 9.97 Å². The molecule has 2 aromatic heterocycles. The molecular formula is C25H17N3O2. The van der Waals surface area contributed by atoms with Crippen LogP contribution in [0.15, 0.2) is 102 Å². The minimum Gasteiger partial charge on any atom is -0.436 e. The minimum absolute atomic E-state index is 0.176. The van der Waals surface area contributed by atoms with E-state index in [0.29, 0.717) is 28.2 Å². The Morgan fingerprint density at radius 3 is 2.33 bits per heavy atom. The molecule has 0 spiro atoms. The van der Waals surface area contributed by atoms with Gasteiger partial charge in [-0.3, -0.25) is 9.78 Å². The van der Waals surface area contributed by atoms with Crippen LogP contribution in [0.4, 0.5) is 5.69 Å². The second kappa shape index (κ2) is 7.64. The minimum atomic E-state index is -0.176. The lowest BCUT2D eigenvalue weighted by Crippen LogP contribution is -2.11. The highest BCUT2D eigenvalue weighted by Crippen LogP contribution is 2.26. The predicted molar refractivity (Wildman–Crippen MR) is 117 cm³/mol. The first-order chi connectivity index (χ1) is 14.8. The second-order valence-electron chi connectivity index (χ2n) is 6.84. The van der Waals surface area contributed by atoms with Crippen LogP contribution < -0.4 is 5.32 Å². The predicted octanol–water partition coefficient (Wildman–Crippen LogP) is 5.81. The molecule has 3 aromatic carbocycles. The summed E-state index contributed by atoms with van der Waals surface area (Å²) >= 11 is 0. The Balaban J connectivity index is 1.35. The normalized spacial score (nSPS) is 10.8. The van der Waals surface area contributed by atoms with Gasteiger partial charge in [0.25, 0.3) is 5.91 Å². The molecule has 0 aliphatic rings. The highest BCUT2D eigenvalue weighted by molar-refractivity contribution is 6.05. The van der Waals surface area contributed by atoms with E-state index in [0.717, 1.165) is 16.7 Å². The van der Waals surface area contributed by atoms with Gasteiger partial charge in [-0.05, 0) is 53.6 Å². The van der Waals surface area contributed by atoms with Crippen molar-refractivity contribution < 1.29 is 9.21 Å². The van der Waals surface area contributed by atoms with Crippen molar-refractivity contribution in [2.24, 2.45) is 0 Å². The Hall–Kier alpha value is -4.25. The van der Waals surface area contributed by atoms with E-state index in [1.807, 2.05) is 66.7 Å². The summed E-state index contributed by atoms with van der Waals surface area (Å²) < 4.78 is 5.79. The molecule has 0 bridgehead atoms. The summed E-state index contributed by atoms with van der Waals surface area (Å²) in [5.41, 5.74) is 5.56. The molecule has 0 aliphatic carbocycles. The second-order valence-corrected chi connectivity index (χ2v) is 6.84. The van der Waals surface area contributed by atoms with Gasteiger partial charge >= 0.3 is 0 Å². The van der Waals surface area contributed by atoms with Gasteiger partial charge in [0.1, 0.15) is 5.52 Å². The summed E-state index contributed by atoms with van der Waals surface area (Å²) in [4.78, 5) is 21.3. The van der Waals surface area contributed by atoms with E-state index < -0.39 is 0 Å². The number of rotatable bonds is 4. The Kier molecular flexibility index (Phi) is 4.54. The molecule has 0 atom stereocenters. The lowest BCUT2D eigenvalue weighted by Gasteiger charge is -2.06. The maximum atomic E-state index is 12.7. The van der Waals surface area contributed by atoms with Gasteiger partial charge in [-0.25, -0.2) is 4.98 Å². The molecule has 2 heterocycles. The molecule has 0 aliphatic heterocycles. The third kappa shape index (κ3) is 3.56. The number of anilines is 1. The van der Waals surface area contributed by atoms with Crippen molar-refractivity contribution in [1.29, 1.82) is 0 Å². The third-order valence-corrected chi connectivity index (χ3v) is 4.81. The summed E-state index contributed by atoms with van der Waals surface area (Å²) in [6.45, 7) is 0. The molecule has 1 amide bonds. The number of hydrogen-bond donors (Lipinski definition) is 1. The van der Waals surface area contributed by atoms with Crippen molar-refractivity contribution in [3.05, 3.63) is 103 Å². The lowest BCUT2D eigenvalue weighted by molar-refractivity contribution is 0.102. The first kappa shape index (κ1) is 17.8. The number of carbonyl (C=O) groups excluding carboxylic acids is 1. The fraction of sp³-hybridized carbons (Fsp3) is 0. The number of hydrogen-bond acceptors (Lipinski definition) is 4. The molecule has 0 unspecified atom stereocenters. The number of nitrogens with zero attached hydrogens (tertiary/aromatic N) is 2. The molecule has 5 aromatic rings. The fourth-order valence-corrected chi connectivity index (χ4v) is 3.27. The summed E-state index contributed by atoms with van der Waals surface area (Å²) in [5.74, 6) is 0.322. The van der Waals surface area contributed by atoms with Gasteiger partial charge in [0.15, 0.2) is 5.58 Å². The topological polar surface area (TPSA) is 68.0 Å². The quantitative estimate of drug-likeness (QED) is 0.420. The molecule has 144 valence electrons. The van der Waals surface area contributed by atoms with Gasteiger partial charge in [-0.2, -0.15) is 0 Å². The highest BCUT2D eigenvalue weighted by atomic mass is 16.3. The van der Waals surface area contributed by atoms with Crippen LogP contribution in [0.2, 0.25) is 0 Å². The maximum Gasteiger partial charge on any atom is 0.255 e. The molecule has 0 saturated carbocycles. The van der Waals surface area contributed by atoms with Crippen molar-refractivity contribution in [3.8, 4) is 22.6 Å². The number of nitrogens with one attached hydrogen (secondary N) is 1. The molecule has 5 heteroatoms. The third-order valence-electron chi connectivity index (χ3n) is 4.81. The van der Waals surface area contributed by atoms with Crippen LogP contribution in [-0.4, -0.2) is 15.9 Å². The number of fused-ring (bicyclic) bond motifs is 1. The van der Waals surface area contributed by atoms with Crippen LogP contribution in [0, 0.1) is 0 Å². The zero-order valence-electron chi connectivity index (χ0n) is 15.9. The van der Waals surface area contributed by atoms with E-state index in [1.54, 1.807) is 30.6 Å². The number of carbonyl (C=O) groups is 1. The largest absolute Gasteiger partial charge is 0.436 e. The molecule has 0 saturated heterocycles. The zero-order chi connectivity index (χ0) is 20.3. The highest BCUT2D eigenvalue weighted by Gasteiger charge is 2.11. The number of amides is 1. The Morgan fingerprint density at radius 1 is 0.800 bits per heavy atom. The van der Waals surface area contributed by atoms with Crippen LogP contribution in [0.5, 0.6) is 0 Å². The van der Waals surface area contributed by atoms with Gasteiger partial charge in [-0.1, -0.05) is 42.5 Å². The van der Waals surface area contributed by atoms with E-state index in [4.69, 9.17) is 4.42 Å². The smallest absolute Gasteiger partial charge is 0.255 e. The van der Waals surface area contributed by atoms with E-state index in [-0.39, 0.29) is 5.91 Å². The van der Waals surface area contributed by atoms with Gasteiger partial charge in [0, 0.05) is 23.6 Å². The van der Waals surface area contributed by atoms with E-state index in [2.05, 4.69) is 15.3 Å². The number of oxazole rings is 1. The molecule has 1 N–H and O–H groups in total. The standard InChI is InChI=1S/C25H17N3O2/c29-24(19-10-8-18(9-11-19)17-5-2-1-3-6-17)27-21-12-13-23-22(15-21)28-25(30-23)20-7-4-14-26-16-20/h1-16H,(H,27,29). The van der Waals surface area contributed by atoms with Crippen LogP contribution in [0.25, 0.3) is 33.7 Å². The fourth-order valence-electron chi connectivity index (χ4n) is 3.27. The number of aromatic nitrogens is 2. The molecule has 0 radical (unpaired) electrons. The van der Waals surface area contributed by atoms with Crippen LogP contribution in [0.1, 0.15) is 10.4 Å². The number of benzene rings is 3. The molecule has 5 nitrogen and oxygen atoms in total. The average Bonchev–Trinajstić information content (AvgIpc) is 3.24. The van der Waals surface area contributed by atoms with Crippen LogP contribution in [0.3, 0.4) is 0 Å². The summed E-state index contributed by atoms with van der Waals surface area (Å²) in [5, 5.41) is 2.93. The number of pyridine rings is 1. The molecule has 30 heavy (non-hydrogen) atoms. The lowest BCUT2D eigenvalue weighted by atomic mass is 10.0. The zero-order valence-corrected chi connectivity index (χ0v) is 15.9. The Morgan fingerprint density at radius 2 is 1.57 bits per heavy atom. The molecular weight excluding hydrogens is 374 g/mol. The van der Waals surface area contributed by atoms with Crippen LogP contribution >= 0.6 is 0 Å². The first-order valence-electron chi connectivity index (χ1n) is 9.54. The van der Waals surface area contributed by atoms with Crippen molar-refractivity contribution in [2.75, 3.05) is 5.32 Å². The Bertz CT molecular complexity index is 1310. The van der Waals surface area contributed by atoms with Gasteiger partial charge < -0.3 is 9.73 Å². The van der Waals surface area contributed by atoms with Gasteiger partial charge in [-0.15, -0.1) is 0 Å². The summed E-state index contributed by atoms with van der Waals surface area (Å²) in [6.07, 6.45) is 3.40. The summed E-state index contributed by atoms with van der Waals surface area (Å²) in [6, 6.07) is 26.7. The van der Waals surface area contributed by atoms with E-state index in [1.165, 1.54) is 0 Å². The average molecular weight is 391 g/mol. The van der Waals surface area contributed by atoms with Crippen molar-refractivity contribution in [2.45, 2.75) is 0 Å². The van der Waals surface area contributed by atoms with Crippen molar-refractivity contribution >= 4 is 22.7 Å². The Labute approximate surface area is 173 Å². The maximum absolute atomic E-state index is 12.7. The monoisotopic (exact) mass is 391 g/mol. The molecule has 0 fully saturated rings. The van der Waals surface area contributed by atoms with Crippen molar-refractivity contribution in [3.63, 3.8) is 0 Å². The van der Waals surface area contributed by atoms with E-state index >= 15 is 0 Å². The van der Waals surface area contributed by atoms with Crippen LogP contribution in [-0.2, 0) is 0 Å². The molecule has 5 rings (SSSR count). The SMILES string of the molecule is O=C(Nc1ccc2oc(-c3cccnc3)nc2c1)c1ccc(-c2ccccc2)cc1. The van der Waals surface area contributed by atoms with Gasteiger partial charge in [0.05, 0.1) is 5.56 Å². The first-order valence-corrected chi connectivity index (χ1v) is 9.54. The summed E-state index contributed by atoms with van der Waals surface area (Å²) in [7, 11) is 0.